The maximum atomic E-state index is 4.25. The van der Waals surface area contributed by atoms with Crippen molar-refractivity contribution in [2.45, 2.75) is 44.2 Å². The van der Waals surface area contributed by atoms with Gasteiger partial charge in [0.2, 0.25) is 0 Å². The molecule has 0 spiro atoms. The van der Waals surface area contributed by atoms with Gasteiger partial charge in [-0.25, -0.2) is 0 Å². The van der Waals surface area contributed by atoms with Crippen LogP contribution in [0, 0.1) is 0 Å². The Balaban J connectivity index is 1.63. The van der Waals surface area contributed by atoms with E-state index in [1.54, 1.807) is 0 Å². The average Bonchev–Trinajstić information content (AvgIpc) is 3.37. The SMILES string of the molecule is c1ccc2c(N3CCCCC3CNC3CC3)cnnc2c1. The van der Waals surface area contributed by atoms with Gasteiger partial charge in [-0.15, -0.1) is 0 Å². The second kappa shape index (κ2) is 5.60. The summed E-state index contributed by atoms with van der Waals surface area (Å²) in [5.74, 6) is 0. The summed E-state index contributed by atoms with van der Waals surface area (Å²) in [7, 11) is 0. The van der Waals surface area contributed by atoms with E-state index in [1.807, 2.05) is 18.3 Å². The normalized spacial score (nSPS) is 22.7. The molecule has 1 aliphatic heterocycles. The second-order valence-electron chi connectivity index (χ2n) is 6.27. The second-order valence-corrected chi connectivity index (χ2v) is 6.27. The quantitative estimate of drug-likeness (QED) is 0.936. The molecule has 2 heterocycles. The first-order chi connectivity index (χ1) is 10.4. The van der Waals surface area contributed by atoms with Crippen molar-refractivity contribution < 1.29 is 0 Å². The zero-order chi connectivity index (χ0) is 14.1. The smallest absolute Gasteiger partial charge is 0.0950 e. The molecule has 4 rings (SSSR count). The predicted molar refractivity (Wildman–Crippen MR) is 85.5 cm³/mol. The molecule has 1 saturated heterocycles. The molecular weight excluding hydrogens is 260 g/mol. The fourth-order valence-corrected chi connectivity index (χ4v) is 3.34. The molecule has 1 saturated carbocycles. The van der Waals surface area contributed by atoms with Gasteiger partial charge in [0.1, 0.15) is 0 Å². The summed E-state index contributed by atoms with van der Waals surface area (Å²) in [6.45, 7) is 2.23. The van der Waals surface area contributed by atoms with Crippen LogP contribution in [-0.4, -0.2) is 35.4 Å². The molecule has 1 unspecified atom stereocenters. The summed E-state index contributed by atoms with van der Waals surface area (Å²) in [5.41, 5.74) is 2.25. The Morgan fingerprint density at radius 1 is 1.14 bits per heavy atom. The van der Waals surface area contributed by atoms with Gasteiger partial charge in [-0.1, -0.05) is 18.2 Å². The van der Waals surface area contributed by atoms with Crippen molar-refractivity contribution in [3.05, 3.63) is 30.5 Å². The minimum absolute atomic E-state index is 0.590. The molecule has 0 radical (unpaired) electrons. The largest absolute Gasteiger partial charge is 0.365 e. The van der Waals surface area contributed by atoms with E-state index in [4.69, 9.17) is 0 Å². The van der Waals surface area contributed by atoms with Crippen LogP contribution in [-0.2, 0) is 0 Å². The van der Waals surface area contributed by atoms with Gasteiger partial charge in [0.05, 0.1) is 17.4 Å². The zero-order valence-corrected chi connectivity index (χ0v) is 12.3. The molecule has 1 aliphatic carbocycles. The maximum Gasteiger partial charge on any atom is 0.0950 e. The minimum Gasteiger partial charge on any atom is -0.365 e. The lowest BCUT2D eigenvalue weighted by Gasteiger charge is -2.38. The lowest BCUT2D eigenvalue weighted by atomic mass is 10.0. The van der Waals surface area contributed by atoms with E-state index >= 15 is 0 Å². The molecule has 1 N–H and O–H groups in total. The van der Waals surface area contributed by atoms with Crippen molar-refractivity contribution in [3.8, 4) is 0 Å². The summed E-state index contributed by atoms with van der Waals surface area (Å²) >= 11 is 0. The van der Waals surface area contributed by atoms with Crippen LogP contribution >= 0.6 is 0 Å². The minimum atomic E-state index is 0.590. The molecule has 110 valence electrons. The van der Waals surface area contributed by atoms with Gasteiger partial charge in [-0.05, 0) is 38.2 Å². The first-order valence-electron chi connectivity index (χ1n) is 8.12. The number of anilines is 1. The number of hydrogen-bond acceptors (Lipinski definition) is 4. The van der Waals surface area contributed by atoms with Gasteiger partial charge in [0.15, 0.2) is 0 Å². The van der Waals surface area contributed by atoms with E-state index in [2.05, 4.69) is 32.5 Å². The average molecular weight is 282 g/mol. The number of hydrogen-bond donors (Lipinski definition) is 1. The van der Waals surface area contributed by atoms with Crippen molar-refractivity contribution in [3.63, 3.8) is 0 Å². The molecule has 2 fully saturated rings. The maximum absolute atomic E-state index is 4.25. The molecule has 0 amide bonds. The summed E-state index contributed by atoms with van der Waals surface area (Å²) < 4.78 is 0. The van der Waals surface area contributed by atoms with E-state index < -0.39 is 0 Å². The van der Waals surface area contributed by atoms with Crippen LogP contribution < -0.4 is 10.2 Å². The number of nitrogens with zero attached hydrogens (tertiary/aromatic N) is 3. The van der Waals surface area contributed by atoms with Gasteiger partial charge >= 0.3 is 0 Å². The Labute approximate surface area is 125 Å². The van der Waals surface area contributed by atoms with Crippen molar-refractivity contribution in [1.29, 1.82) is 0 Å². The van der Waals surface area contributed by atoms with Crippen LogP contribution in [0.25, 0.3) is 10.9 Å². The van der Waals surface area contributed by atoms with Crippen LogP contribution in [0.5, 0.6) is 0 Å². The third kappa shape index (κ3) is 2.72. The highest BCUT2D eigenvalue weighted by Crippen LogP contribution is 2.30. The lowest BCUT2D eigenvalue weighted by molar-refractivity contribution is 0.435. The van der Waals surface area contributed by atoms with Gasteiger partial charge in [0, 0.05) is 30.6 Å². The Kier molecular flexibility index (Phi) is 3.47. The Morgan fingerprint density at radius 2 is 2.05 bits per heavy atom. The monoisotopic (exact) mass is 282 g/mol. The number of nitrogens with one attached hydrogen (secondary N) is 1. The molecule has 1 atom stereocenters. The van der Waals surface area contributed by atoms with E-state index in [9.17, 15) is 0 Å². The molecule has 21 heavy (non-hydrogen) atoms. The molecule has 2 aromatic rings. The summed E-state index contributed by atoms with van der Waals surface area (Å²) in [5, 5.41) is 13.4. The topological polar surface area (TPSA) is 41.0 Å². The molecule has 4 heteroatoms. The highest BCUT2D eigenvalue weighted by atomic mass is 15.2. The number of rotatable bonds is 4. The predicted octanol–water partition coefficient (Wildman–Crippen LogP) is 2.74. The van der Waals surface area contributed by atoms with Gasteiger partial charge in [-0.2, -0.15) is 10.2 Å². The van der Waals surface area contributed by atoms with E-state index in [0.29, 0.717) is 6.04 Å². The highest BCUT2D eigenvalue weighted by molar-refractivity contribution is 5.90. The van der Waals surface area contributed by atoms with Crippen LogP contribution in [0.3, 0.4) is 0 Å². The fraction of sp³-hybridized carbons (Fsp3) is 0.529. The molecule has 2 aliphatic rings. The third-order valence-electron chi connectivity index (χ3n) is 4.68. The fourth-order valence-electron chi connectivity index (χ4n) is 3.34. The van der Waals surface area contributed by atoms with Crippen LogP contribution in [0.15, 0.2) is 30.5 Å². The first-order valence-corrected chi connectivity index (χ1v) is 8.12. The van der Waals surface area contributed by atoms with Crippen molar-refractivity contribution in [1.82, 2.24) is 15.5 Å². The van der Waals surface area contributed by atoms with E-state index in [0.717, 1.165) is 24.6 Å². The number of aromatic nitrogens is 2. The van der Waals surface area contributed by atoms with E-state index in [1.165, 1.54) is 43.2 Å². The Hall–Kier alpha value is -1.68. The van der Waals surface area contributed by atoms with E-state index in [-0.39, 0.29) is 0 Å². The van der Waals surface area contributed by atoms with Crippen LogP contribution in [0.1, 0.15) is 32.1 Å². The summed E-state index contributed by atoms with van der Waals surface area (Å²) in [6, 6.07) is 9.71. The number of benzene rings is 1. The first kappa shape index (κ1) is 13.0. The van der Waals surface area contributed by atoms with Crippen LogP contribution in [0.4, 0.5) is 5.69 Å². The van der Waals surface area contributed by atoms with Crippen molar-refractivity contribution >= 4 is 16.6 Å². The standard InChI is InChI=1S/C17H22N4/c1-2-7-16-15(6-1)17(12-19-20-16)21-10-4-3-5-14(21)11-18-13-8-9-13/h1-2,6-7,12-14,18H,3-5,8-11H2. The zero-order valence-electron chi connectivity index (χ0n) is 12.3. The Morgan fingerprint density at radius 3 is 2.95 bits per heavy atom. The summed E-state index contributed by atoms with van der Waals surface area (Å²) in [4.78, 5) is 2.55. The van der Waals surface area contributed by atoms with Gasteiger partial charge < -0.3 is 10.2 Å². The van der Waals surface area contributed by atoms with Crippen molar-refractivity contribution in [2.75, 3.05) is 18.0 Å². The molecule has 1 aromatic heterocycles. The van der Waals surface area contributed by atoms with Gasteiger partial charge in [0.25, 0.3) is 0 Å². The van der Waals surface area contributed by atoms with Crippen LogP contribution in [0.2, 0.25) is 0 Å². The van der Waals surface area contributed by atoms with Crippen molar-refractivity contribution in [2.24, 2.45) is 0 Å². The highest BCUT2D eigenvalue weighted by Gasteiger charge is 2.27. The molecule has 4 nitrogen and oxygen atoms in total. The lowest BCUT2D eigenvalue weighted by Crippen LogP contribution is -2.46. The number of fused-ring (bicyclic) bond motifs is 1. The molecule has 0 bridgehead atoms. The molecule has 1 aromatic carbocycles. The number of piperidine rings is 1. The molecular formula is C17H22N4. The van der Waals surface area contributed by atoms with Gasteiger partial charge in [-0.3, -0.25) is 0 Å². The third-order valence-corrected chi connectivity index (χ3v) is 4.68. The Bertz CT molecular complexity index is 618. The summed E-state index contributed by atoms with van der Waals surface area (Å²) in [6.07, 6.45) is 8.54.